The first kappa shape index (κ1) is 11.7. The average molecular weight is 210 g/mol. The lowest BCUT2D eigenvalue weighted by atomic mass is 9.82. The molecule has 1 aromatic carbocycles. The van der Waals surface area contributed by atoms with Crippen LogP contribution in [0.3, 0.4) is 0 Å². The summed E-state index contributed by atoms with van der Waals surface area (Å²) in [5.74, 6) is -1.13. The molecule has 3 heteroatoms. The number of halogens is 1. The van der Waals surface area contributed by atoms with Gasteiger partial charge in [-0.15, -0.1) is 0 Å². The monoisotopic (exact) mass is 210 g/mol. The number of carboxylic acids is 1. The maximum absolute atomic E-state index is 14.0. The molecule has 1 atom stereocenters. The topological polar surface area (TPSA) is 37.3 Å². The van der Waals surface area contributed by atoms with Crippen molar-refractivity contribution in [2.45, 2.75) is 26.9 Å². The summed E-state index contributed by atoms with van der Waals surface area (Å²) in [6.07, 6.45) is -1.49. The van der Waals surface area contributed by atoms with Crippen molar-refractivity contribution in [3.63, 3.8) is 0 Å². The normalized spacial score (nSPS) is 13.6. The van der Waals surface area contributed by atoms with Gasteiger partial charge in [0.2, 0.25) is 0 Å². The number of aryl methyl sites for hydroxylation is 1. The maximum Gasteiger partial charge on any atom is 0.312 e. The van der Waals surface area contributed by atoms with Gasteiger partial charge in [-0.1, -0.05) is 24.3 Å². The van der Waals surface area contributed by atoms with Crippen LogP contribution in [0.25, 0.3) is 0 Å². The molecule has 0 saturated carbocycles. The Morgan fingerprint density at radius 1 is 1.40 bits per heavy atom. The SMILES string of the molecule is Cc1ccccc1C(F)C(C)(C)C(=O)O. The van der Waals surface area contributed by atoms with Gasteiger partial charge in [-0.3, -0.25) is 4.79 Å². The third kappa shape index (κ3) is 2.17. The van der Waals surface area contributed by atoms with Crippen molar-refractivity contribution < 1.29 is 14.3 Å². The first-order valence-corrected chi connectivity index (χ1v) is 4.80. The van der Waals surface area contributed by atoms with Crippen LogP contribution in [0.15, 0.2) is 24.3 Å². The average Bonchev–Trinajstić information content (AvgIpc) is 2.17. The Balaban J connectivity index is 3.10. The van der Waals surface area contributed by atoms with E-state index in [2.05, 4.69) is 0 Å². The van der Waals surface area contributed by atoms with Crippen LogP contribution in [0, 0.1) is 12.3 Å². The first-order chi connectivity index (χ1) is 6.87. The lowest BCUT2D eigenvalue weighted by molar-refractivity contribution is -0.150. The molecule has 0 heterocycles. The molecule has 0 aliphatic heterocycles. The Labute approximate surface area is 88.7 Å². The van der Waals surface area contributed by atoms with Gasteiger partial charge in [0.25, 0.3) is 0 Å². The van der Waals surface area contributed by atoms with E-state index in [0.29, 0.717) is 5.56 Å². The van der Waals surface area contributed by atoms with E-state index < -0.39 is 17.6 Å². The minimum Gasteiger partial charge on any atom is -0.481 e. The number of alkyl halides is 1. The fourth-order valence-corrected chi connectivity index (χ4v) is 1.37. The van der Waals surface area contributed by atoms with Crippen LogP contribution >= 0.6 is 0 Å². The van der Waals surface area contributed by atoms with Crippen molar-refractivity contribution in [1.29, 1.82) is 0 Å². The highest BCUT2D eigenvalue weighted by Gasteiger charge is 2.38. The van der Waals surface area contributed by atoms with Crippen LogP contribution in [0.2, 0.25) is 0 Å². The standard InChI is InChI=1S/C12H15FO2/c1-8-6-4-5-7-9(8)10(13)12(2,3)11(14)15/h4-7,10H,1-3H3,(H,14,15). The molecule has 1 rings (SSSR count). The van der Waals surface area contributed by atoms with Crippen molar-refractivity contribution in [3.05, 3.63) is 35.4 Å². The summed E-state index contributed by atoms with van der Waals surface area (Å²) in [5, 5.41) is 8.92. The van der Waals surface area contributed by atoms with Gasteiger partial charge in [0.05, 0.1) is 5.41 Å². The minimum atomic E-state index is -1.49. The fraction of sp³-hybridized carbons (Fsp3) is 0.417. The van der Waals surface area contributed by atoms with Gasteiger partial charge in [-0.2, -0.15) is 0 Å². The van der Waals surface area contributed by atoms with Crippen molar-refractivity contribution >= 4 is 5.97 Å². The molecular formula is C12H15FO2. The second-order valence-electron chi connectivity index (χ2n) is 4.25. The molecule has 82 valence electrons. The molecule has 0 saturated heterocycles. The summed E-state index contributed by atoms with van der Waals surface area (Å²) in [4.78, 5) is 10.9. The zero-order valence-electron chi connectivity index (χ0n) is 9.12. The summed E-state index contributed by atoms with van der Waals surface area (Å²) in [6.45, 7) is 4.57. The molecule has 0 fully saturated rings. The highest BCUT2D eigenvalue weighted by molar-refractivity contribution is 5.74. The van der Waals surface area contributed by atoms with E-state index in [0.717, 1.165) is 5.56 Å². The molecule has 15 heavy (non-hydrogen) atoms. The summed E-state index contributed by atoms with van der Waals surface area (Å²) in [5.41, 5.74) is -0.171. The van der Waals surface area contributed by atoms with Crippen LogP contribution in [-0.2, 0) is 4.79 Å². The molecule has 0 spiro atoms. The number of benzene rings is 1. The number of carboxylic acid groups (broad SMARTS) is 1. The molecule has 0 bridgehead atoms. The van der Waals surface area contributed by atoms with Crippen LogP contribution in [0.4, 0.5) is 4.39 Å². The first-order valence-electron chi connectivity index (χ1n) is 4.80. The predicted molar refractivity (Wildman–Crippen MR) is 56.4 cm³/mol. The van der Waals surface area contributed by atoms with Gasteiger partial charge in [0, 0.05) is 0 Å². The third-order valence-electron chi connectivity index (χ3n) is 2.65. The van der Waals surface area contributed by atoms with Gasteiger partial charge in [-0.25, -0.2) is 4.39 Å². The Kier molecular flexibility index (Phi) is 3.12. The zero-order chi connectivity index (χ0) is 11.6. The van der Waals surface area contributed by atoms with E-state index in [4.69, 9.17) is 5.11 Å². The largest absolute Gasteiger partial charge is 0.481 e. The Morgan fingerprint density at radius 3 is 2.40 bits per heavy atom. The highest BCUT2D eigenvalue weighted by atomic mass is 19.1. The molecule has 0 amide bonds. The molecule has 0 aliphatic carbocycles. The Bertz CT molecular complexity index is 372. The second-order valence-corrected chi connectivity index (χ2v) is 4.25. The van der Waals surface area contributed by atoms with Gasteiger partial charge in [-0.05, 0) is 31.9 Å². The van der Waals surface area contributed by atoms with E-state index in [-0.39, 0.29) is 0 Å². The Hall–Kier alpha value is -1.38. The number of rotatable bonds is 3. The number of hydrogen-bond donors (Lipinski definition) is 1. The van der Waals surface area contributed by atoms with E-state index in [1.165, 1.54) is 13.8 Å². The van der Waals surface area contributed by atoms with Gasteiger partial charge in [0.15, 0.2) is 0 Å². The number of aliphatic carboxylic acids is 1. The van der Waals surface area contributed by atoms with Crippen molar-refractivity contribution in [3.8, 4) is 0 Å². The van der Waals surface area contributed by atoms with E-state index in [1.54, 1.807) is 31.2 Å². The second kappa shape index (κ2) is 4.01. The van der Waals surface area contributed by atoms with Crippen molar-refractivity contribution in [2.75, 3.05) is 0 Å². The third-order valence-corrected chi connectivity index (χ3v) is 2.65. The van der Waals surface area contributed by atoms with Crippen LogP contribution in [0.1, 0.15) is 31.1 Å². The number of hydrogen-bond acceptors (Lipinski definition) is 1. The predicted octanol–water partition coefficient (Wildman–Crippen LogP) is 3.12. The van der Waals surface area contributed by atoms with E-state index in [1.807, 2.05) is 0 Å². The van der Waals surface area contributed by atoms with Gasteiger partial charge >= 0.3 is 5.97 Å². The molecule has 0 aliphatic rings. The van der Waals surface area contributed by atoms with Crippen molar-refractivity contribution in [1.82, 2.24) is 0 Å². The summed E-state index contributed by atoms with van der Waals surface area (Å²) in [6, 6.07) is 6.93. The van der Waals surface area contributed by atoms with Crippen molar-refractivity contribution in [2.24, 2.45) is 5.41 Å². The molecule has 1 aromatic rings. The minimum absolute atomic E-state index is 0.449. The van der Waals surface area contributed by atoms with E-state index in [9.17, 15) is 9.18 Å². The maximum atomic E-state index is 14.0. The molecule has 0 aromatic heterocycles. The molecule has 0 radical (unpaired) electrons. The zero-order valence-corrected chi connectivity index (χ0v) is 9.12. The van der Waals surface area contributed by atoms with Gasteiger partial charge < -0.3 is 5.11 Å². The van der Waals surface area contributed by atoms with Crippen LogP contribution < -0.4 is 0 Å². The summed E-state index contributed by atoms with van der Waals surface area (Å²) in [7, 11) is 0. The molecule has 1 N–H and O–H groups in total. The quantitative estimate of drug-likeness (QED) is 0.832. The lowest BCUT2D eigenvalue weighted by Crippen LogP contribution is -2.29. The molecular weight excluding hydrogens is 195 g/mol. The summed E-state index contributed by atoms with van der Waals surface area (Å²) >= 11 is 0. The van der Waals surface area contributed by atoms with E-state index >= 15 is 0 Å². The fourth-order valence-electron chi connectivity index (χ4n) is 1.37. The lowest BCUT2D eigenvalue weighted by Gasteiger charge is -2.25. The van der Waals surface area contributed by atoms with Crippen LogP contribution in [0.5, 0.6) is 0 Å². The molecule has 1 unspecified atom stereocenters. The van der Waals surface area contributed by atoms with Crippen LogP contribution in [-0.4, -0.2) is 11.1 Å². The highest BCUT2D eigenvalue weighted by Crippen LogP contribution is 2.38. The van der Waals surface area contributed by atoms with Gasteiger partial charge in [0.1, 0.15) is 6.17 Å². The smallest absolute Gasteiger partial charge is 0.312 e. The molecule has 2 nitrogen and oxygen atoms in total. The summed E-state index contributed by atoms with van der Waals surface area (Å²) < 4.78 is 14.0. The Morgan fingerprint density at radius 2 is 1.93 bits per heavy atom. The number of carbonyl (C=O) groups is 1.